The van der Waals surface area contributed by atoms with Gasteiger partial charge >= 0.3 is 0 Å². The normalized spacial score (nSPS) is 12.7. The molecule has 0 aliphatic carbocycles. The van der Waals surface area contributed by atoms with Gasteiger partial charge in [-0.2, -0.15) is 0 Å². The molecule has 0 bridgehead atoms. The van der Waals surface area contributed by atoms with Crippen LogP contribution < -0.4 is 10.1 Å². The highest BCUT2D eigenvalue weighted by molar-refractivity contribution is 9.10. The van der Waals surface area contributed by atoms with Crippen LogP contribution in [-0.4, -0.2) is 32.4 Å². The van der Waals surface area contributed by atoms with E-state index in [0.29, 0.717) is 18.6 Å². The van der Waals surface area contributed by atoms with Gasteiger partial charge in [-0.05, 0) is 37.1 Å². The van der Waals surface area contributed by atoms with Gasteiger partial charge in [0, 0.05) is 23.7 Å². The van der Waals surface area contributed by atoms with Crippen molar-refractivity contribution in [2.45, 2.75) is 26.8 Å². The fourth-order valence-electron chi connectivity index (χ4n) is 1.68. The van der Waals surface area contributed by atoms with Gasteiger partial charge in [0.05, 0.1) is 6.61 Å². The van der Waals surface area contributed by atoms with Crippen molar-refractivity contribution >= 4 is 15.9 Å². The van der Waals surface area contributed by atoms with E-state index in [9.17, 15) is 0 Å². The lowest BCUT2D eigenvalue weighted by Crippen LogP contribution is -2.40. The van der Waals surface area contributed by atoms with Gasteiger partial charge in [0.25, 0.3) is 0 Å². The summed E-state index contributed by atoms with van der Waals surface area (Å²) in [6, 6.07) is 8.27. The lowest BCUT2D eigenvalue weighted by atomic mass is 10.1. The van der Waals surface area contributed by atoms with E-state index in [1.165, 1.54) is 0 Å². The summed E-state index contributed by atoms with van der Waals surface area (Å²) in [5.74, 6) is 1.45. The molecule has 0 fully saturated rings. The predicted molar refractivity (Wildman–Crippen MR) is 82.8 cm³/mol. The fourth-order valence-corrected chi connectivity index (χ4v) is 1.94. The van der Waals surface area contributed by atoms with Crippen molar-refractivity contribution in [3.8, 4) is 5.75 Å². The van der Waals surface area contributed by atoms with Crippen LogP contribution >= 0.6 is 15.9 Å². The zero-order valence-electron chi connectivity index (χ0n) is 12.0. The monoisotopic (exact) mass is 329 g/mol. The number of benzene rings is 1. The summed E-state index contributed by atoms with van der Waals surface area (Å²) in [6.45, 7) is 9.43. The molecule has 3 nitrogen and oxygen atoms in total. The summed E-state index contributed by atoms with van der Waals surface area (Å²) in [6.07, 6.45) is 0. The van der Waals surface area contributed by atoms with E-state index in [0.717, 1.165) is 30.0 Å². The van der Waals surface area contributed by atoms with E-state index >= 15 is 0 Å². The van der Waals surface area contributed by atoms with Crippen molar-refractivity contribution in [1.29, 1.82) is 0 Å². The lowest BCUT2D eigenvalue weighted by molar-refractivity contribution is 0.106. The number of halogens is 1. The van der Waals surface area contributed by atoms with Gasteiger partial charge in [-0.3, -0.25) is 0 Å². The lowest BCUT2D eigenvalue weighted by Gasteiger charge is -2.22. The summed E-state index contributed by atoms with van der Waals surface area (Å²) in [5.41, 5.74) is 0. The van der Waals surface area contributed by atoms with Crippen molar-refractivity contribution in [2.24, 2.45) is 5.92 Å². The molecule has 0 heterocycles. The molecule has 1 rings (SSSR count). The first-order chi connectivity index (χ1) is 9.13. The van der Waals surface area contributed by atoms with Gasteiger partial charge < -0.3 is 14.8 Å². The molecule has 0 radical (unpaired) electrons. The van der Waals surface area contributed by atoms with Crippen molar-refractivity contribution in [1.82, 2.24) is 5.32 Å². The van der Waals surface area contributed by atoms with Gasteiger partial charge in [-0.1, -0.05) is 29.8 Å². The highest BCUT2D eigenvalue weighted by Gasteiger charge is 2.12. The summed E-state index contributed by atoms with van der Waals surface area (Å²) >= 11 is 3.40. The molecule has 0 aliphatic heterocycles. The van der Waals surface area contributed by atoms with Crippen molar-refractivity contribution in [2.75, 3.05) is 26.4 Å². The minimum absolute atomic E-state index is 0.383. The number of ether oxygens (including phenoxy) is 2. The average Bonchev–Trinajstić information content (AvgIpc) is 2.39. The third-order valence-electron chi connectivity index (χ3n) is 2.90. The second-order valence-corrected chi connectivity index (χ2v) is 5.68. The van der Waals surface area contributed by atoms with Gasteiger partial charge in [0.2, 0.25) is 0 Å². The first kappa shape index (κ1) is 16.5. The molecule has 1 aromatic rings. The van der Waals surface area contributed by atoms with Gasteiger partial charge in [0.15, 0.2) is 0 Å². The number of rotatable bonds is 9. The van der Waals surface area contributed by atoms with Crippen LogP contribution in [0.2, 0.25) is 0 Å². The zero-order chi connectivity index (χ0) is 14.1. The third kappa shape index (κ3) is 6.95. The quantitative estimate of drug-likeness (QED) is 0.703. The Morgan fingerprint density at radius 1 is 1.21 bits per heavy atom. The van der Waals surface area contributed by atoms with Crippen LogP contribution in [0.15, 0.2) is 28.7 Å². The SMILES string of the molecule is CCOCC(NCCOc1ccc(Br)cc1)C(C)C. The largest absolute Gasteiger partial charge is 0.492 e. The maximum absolute atomic E-state index is 5.67. The van der Waals surface area contributed by atoms with Crippen LogP contribution in [0.4, 0.5) is 0 Å². The minimum Gasteiger partial charge on any atom is -0.492 e. The number of hydrogen-bond donors (Lipinski definition) is 1. The molecule has 0 aromatic heterocycles. The molecule has 0 amide bonds. The topological polar surface area (TPSA) is 30.5 Å². The second-order valence-electron chi connectivity index (χ2n) is 4.77. The smallest absolute Gasteiger partial charge is 0.119 e. The second kappa shape index (κ2) is 9.34. The molecule has 4 heteroatoms. The molecule has 1 N–H and O–H groups in total. The van der Waals surface area contributed by atoms with E-state index in [4.69, 9.17) is 9.47 Å². The number of nitrogens with one attached hydrogen (secondary N) is 1. The summed E-state index contributed by atoms with van der Waals surface area (Å²) in [7, 11) is 0. The summed E-state index contributed by atoms with van der Waals surface area (Å²) in [5, 5.41) is 3.48. The van der Waals surface area contributed by atoms with Crippen LogP contribution in [0.3, 0.4) is 0 Å². The maximum Gasteiger partial charge on any atom is 0.119 e. The zero-order valence-corrected chi connectivity index (χ0v) is 13.6. The van der Waals surface area contributed by atoms with E-state index in [2.05, 4.69) is 35.1 Å². The van der Waals surface area contributed by atoms with Gasteiger partial charge in [-0.25, -0.2) is 0 Å². The molecular weight excluding hydrogens is 306 g/mol. The Kier molecular flexibility index (Phi) is 8.10. The van der Waals surface area contributed by atoms with Gasteiger partial charge in [-0.15, -0.1) is 0 Å². The highest BCUT2D eigenvalue weighted by Crippen LogP contribution is 2.15. The average molecular weight is 330 g/mol. The molecule has 1 unspecified atom stereocenters. The van der Waals surface area contributed by atoms with E-state index in [-0.39, 0.29) is 0 Å². The molecule has 1 atom stereocenters. The molecule has 0 spiro atoms. The van der Waals surface area contributed by atoms with E-state index < -0.39 is 0 Å². The maximum atomic E-state index is 5.67. The Morgan fingerprint density at radius 3 is 2.47 bits per heavy atom. The van der Waals surface area contributed by atoms with Crippen LogP contribution in [0, 0.1) is 5.92 Å². The molecule has 1 aromatic carbocycles. The van der Waals surface area contributed by atoms with E-state index in [1.54, 1.807) is 0 Å². The molecular formula is C15H24BrNO2. The van der Waals surface area contributed by atoms with Crippen molar-refractivity contribution in [3.05, 3.63) is 28.7 Å². The van der Waals surface area contributed by atoms with Crippen LogP contribution in [0.5, 0.6) is 5.75 Å². The molecule has 0 saturated carbocycles. The van der Waals surface area contributed by atoms with Crippen LogP contribution in [-0.2, 0) is 4.74 Å². The predicted octanol–water partition coefficient (Wildman–Crippen LogP) is 3.48. The fraction of sp³-hybridized carbons (Fsp3) is 0.600. The molecule has 0 aliphatic rings. The van der Waals surface area contributed by atoms with Crippen molar-refractivity contribution in [3.63, 3.8) is 0 Å². The molecule has 19 heavy (non-hydrogen) atoms. The Balaban J connectivity index is 2.22. The van der Waals surface area contributed by atoms with Gasteiger partial charge in [0.1, 0.15) is 12.4 Å². The Labute approximate surface area is 124 Å². The Hall–Kier alpha value is -0.580. The third-order valence-corrected chi connectivity index (χ3v) is 3.43. The number of hydrogen-bond acceptors (Lipinski definition) is 3. The first-order valence-corrected chi connectivity index (χ1v) is 7.62. The van der Waals surface area contributed by atoms with Crippen molar-refractivity contribution < 1.29 is 9.47 Å². The summed E-state index contributed by atoms with van der Waals surface area (Å²) in [4.78, 5) is 0. The molecule has 108 valence electrons. The minimum atomic E-state index is 0.383. The first-order valence-electron chi connectivity index (χ1n) is 6.83. The van der Waals surface area contributed by atoms with Crippen LogP contribution in [0.25, 0.3) is 0 Å². The molecule has 0 saturated heterocycles. The Bertz CT molecular complexity index is 341. The van der Waals surface area contributed by atoms with E-state index in [1.807, 2.05) is 31.2 Å². The summed E-state index contributed by atoms with van der Waals surface area (Å²) < 4.78 is 12.2. The standard InChI is InChI=1S/C15H24BrNO2/c1-4-18-11-15(12(2)3)17-9-10-19-14-7-5-13(16)6-8-14/h5-8,12,15,17H,4,9-11H2,1-3H3. The van der Waals surface area contributed by atoms with Crippen LogP contribution in [0.1, 0.15) is 20.8 Å². The Morgan fingerprint density at radius 2 is 1.89 bits per heavy atom. The highest BCUT2D eigenvalue weighted by atomic mass is 79.9.